The summed E-state index contributed by atoms with van der Waals surface area (Å²) < 4.78 is 0. The van der Waals surface area contributed by atoms with Crippen molar-refractivity contribution >= 4 is 33.3 Å². The number of rotatable bonds is 1. The van der Waals surface area contributed by atoms with Crippen LogP contribution in [0.2, 0.25) is 0 Å². The Morgan fingerprint density at radius 1 is 0.370 bits per heavy atom. The highest BCUT2D eigenvalue weighted by Gasteiger charge is 2.52. The second-order valence-electron chi connectivity index (χ2n) is 12.8. The van der Waals surface area contributed by atoms with Gasteiger partial charge in [-0.3, -0.25) is 0 Å². The molecule has 0 atom stereocenters. The smallest absolute Gasteiger partial charge is 0.0725 e. The van der Waals surface area contributed by atoms with Gasteiger partial charge in [0.2, 0.25) is 0 Å². The Hall–Kier alpha value is -5.37. The van der Waals surface area contributed by atoms with Crippen LogP contribution in [0.15, 0.2) is 168 Å². The Bertz CT molecular complexity index is 2580. The molecule has 8 aromatic rings. The molecule has 1 heterocycles. The molecule has 8 aromatic carbocycles. The molecule has 1 spiro atoms. The summed E-state index contributed by atoms with van der Waals surface area (Å²) >= 11 is 1.89. The number of hydrogen-bond acceptors (Lipinski definition) is 1. The Kier molecular flexibility index (Phi) is 4.80. The summed E-state index contributed by atoms with van der Waals surface area (Å²) in [7, 11) is 0. The van der Waals surface area contributed by atoms with Crippen LogP contribution in [0.3, 0.4) is 0 Å². The molecule has 0 nitrogen and oxygen atoms in total. The summed E-state index contributed by atoms with van der Waals surface area (Å²) in [5, 5.41) is 5.27. The standard InChI is InChI=1S/C45H26S/c1-2-12-31-27(10-1)21-23-39-44(31)35-22-20-28(26-40(35)45(39)37-16-6-3-13-32(37)33-14-4-7-17-38(33)45)30-24-29-11-9-19-42-43(29)36(25-30)34-15-5-8-18-41(34)46-42/h1-26H. The van der Waals surface area contributed by atoms with Gasteiger partial charge in [-0.15, -0.1) is 0 Å². The van der Waals surface area contributed by atoms with Gasteiger partial charge in [0.05, 0.1) is 5.41 Å². The van der Waals surface area contributed by atoms with E-state index in [0.29, 0.717) is 0 Å². The average Bonchev–Trinajstić information content (AvgIpc) is 3.59. The van der Waals surface area contributed by atoms with Crippen LogP contribution in [0.25, 0.3) is 66.1 Å². The monoisotopic (exact) mass is 598 g/mol. The summed E-state index contributed by atoms with van der Waals surface area (Å²) in [6.07, 6.45) is 0. The van der Waals surface area contributed by atoms with Crippen molar-refractivity contribution in [3.63, 3.8) is 0 Å². The maximum atomic E-state index is 2.52. The molecule has 0 aromatic heterocycles. The predicted molar refractivity (Wildman–Crippen MR) is 193 cm³/mol. The fraction of sp³-hybridized carbons (Fsp3) is 0.0222. The molecule has 0 amide bonds. The van der Waals surface area contributed by atoms with Gasteiger partial charge in [0.25, 0.3) is 0 Å². The van der Waals surface area contributed by atoms with Crippen molar-refractivity contribution < 1.29 is 0 Å². The molecule has 0 radical (unpaired) electrons. The van der Waals surface area contributed by atoms with Crippen molar-refractivity contribution in [1.29, 1.82) is 0 Å². The van der Waals surface area contributed by atoms with Crippen LogP contribution in [0.5, 0.6) is 0 Å². The van der Waals surface area contributed by atoms with E-state index in [0.717, 1.165) is 0 Å². The van der Waals surface area contributed by atoms with Crippen molar-refractivity contribution in [2.75, 3.05) is 0 Å². The molecule has 0 N–H and O–H groups in total. The highest BCUT2D eigenvalue weighted by Crippen LogP contribution is 2.64. The normalized spacial score (nSPS) is 14.2. The van der Waals surface area contributed by atoms with Crippen LogP contribution in [0.4, 0.5) is 0 Å². The van der Waals surface area contributed by atoms with E-state index in [1.54, 1.807) is 0 Å². The molecule has 0 fully saturated rings. The van der Waals surface area contributed by atoms with E-state index in [9.17, 15) is 0 Å². The van der Waals surface area contributed by atoms with E-state index in [1.165, 1.54) is 98.1 Å². The number of benzene rings is 8. The third kappa shape index (κ3) is 3.02. The summed E-state index contributed by atoms with van der Waals surface area (Å²) in [5.41, 5.74) is 15.7. The molecule has 46 heavy (non-hydrogen) atoms. The van der Waals surface area contributed by atoms with Crippen molar-refractivity contribution in [3.8, 4) is 44.5 Å². The zero-order valence-electron chi connectivity index (χ0n) is 24.9. The topological polar surface area (TPSA) is 0 Å². The fourth-order valence-electron chi connectivity index (χ4n) is 8.84. The van der Waals surface area contributed by atoms with Crippen LogP contribution >= 0.6 is 11.8 Å². The minimum absolute atomic E-state index is 0.376. The molecule has 212 valence electrons. The van der Waals surface area contributed by atoms with Gasteiger partial charge in [-0.2, -0.15) is 0 Å². The van der Waals surface area contributed by atoms with E-state index in [-0.39, 0.29) is 5.41 Å². The lowest BCUT2D eigenvalue weighted by Gasteiger charge is -2.31. The first-order valence-electron chi connectivity index (χ1n) is 16.0. The lowest BCUT2D eigenvalue weighted by molar-refractivity contribution is 0.795. The SMILES string of the molecule is c1ccc2c(c1)Sc1cccc3cc(-c4ccc5c(c4)C4(c6ccccc6-c6ccccc64)c4ccc6ccccc6c4-5)cc-2c13. The second-order valence-corrected chi connectivity index (χ2v) is 13.9. The van der Waals surface area contributed by atoms with Crippen LogP contribution in [-0.4, -0.2) is 0 Å². The first-order chi connectivity index (χ1) is 22.8. The molecule has 11 rings (SSSR count). The lowest BCUT2D eigenvalue weighted by Crippen LogP contribution is -2.25. The van der Waals surface area contributed by atoms with Gasteiger partial charge in [-0.05, 0) is 113 Å². The molecule has 2 aliphatic carbocycles. The van der Waals surface area contributed by atoms with E-state index in [2.05, 4.69) is 158 Å². The molecule has 0 unspecified atom stereocenters. The Morgan fingerprint density at radius 2 is 1.07 bits per heavy atom. The van der Waals surface area contributed by atoms with E-state index >= 15 is 0 Å². The Balaban J connectivity index is 1.24. The first kappa shape index (κ1) is 24.9. The van der Waals surface area contributed by atoms with Crippen LogP contribution in [0.1, 0.15) is 22.3 Å². The number of hydrogen-bond donors (Lipinski definition) is 0. The van der Waals surface area contributed by atoms with E-state index in [4.69, 9.17) is 0 Å². The van der Waals surface area contributed by atoms with Crippen LogP contribution in [0, 0.1) is 0 Å². The first-order valence-corrected chi connectivity index (χ1v) is 16.8. The summed E-state index contributed by atoms with van der Waals surface area (Å²) in [6.45, 7) is 0. The van der Waals surface area contributed by atoms with Gasteiger partial charge < -0.3 is 0 Å². The predicted octanol–water partition coefficient (Wildman–Crippen LogP) is 12.1. The molecule has 3 aliphatic rings. The summed E-state index contributed by atoms with van der Waals surface area (Å²) in [5.74, 6) is 0. The molecule has 1 heteroatoms. The van der Waals surface area contributed by atoms with Gasteiger partial charge >= 0.3 is 0 Å². The van der Waals surface area contributed by atoms with Gasteiger partial charge in [-0.1, -0.05) is 139 Å². The highest BCUT2D eigenvalue weighted by atomic mass is 32.2. The highest BCUT2D eigenvalue weighted by molar-refractivity contribution is 7.99. The Labute approximate surface area is 272 Å². The van der Waals surface area contributed by atoms with Gasteiger partial charge in [0, 0.05) is 15.2 Å². The summed E-state index contributed by atoms with van der Waals surface area (Å²) in [4.78, 5) is 2.67. The second kappa shape index (κ2) is 8.88. The molecular weight excluding hydrogens is 573 g/mol. The number of fused-ring (bicyclic) bond motifs is 14. The third-order valence-corrected chi connectivity index (χ3v) is 11.8. The zero-order chi connectivity index (χ0) is 30.0. The molecule has 0 bridgehead atoms. The third-order valence-electron chi connectivity index (χ3n) is 10.6. The fourth-order valence-corrected chi connectivity index (χ4v) is 9.99. The Morgan fingerprint density at radius 3 is 1.91 bits per heavy atom. The van der Waals surface area contributed by atoms with Crippen molar-refractivity contribution in [2.24, 2.45) is 0 Å². The van der Waals surface area contributed by atoms with Gasteiger partial charge in [-0.25, -0.2) is 0 Å². The maximum absolute atomic E-state index is 2.52. The molecular formula is C45H26S. The minimum atomic E-state index is -0.376. The van der Waals surface area contributed by atoms with Crippen LogP contribution < -0.4 is 0 Å². The largest absolute Gasteiger partial charge is 0.0888 e. The van der Waals surface area contributed by atoms with Crippen molar-refractivity contribution in [1.82, 2.24) is 0 Å². The zero-order valence-corrected chi connectivity index (χ0v) is 25.7. The molecule has 0 saturated carbocycles. The van der Waals surface area contributed by atoms with Gasteiger partial charge in [0.15, 0.2) is 0 Å². The lowest BCUT2D eigenvalue weighted by atomic mass is 9.70. The quantitative estimate of drug-likeness (QED) is 0.181. The van der Waals surface area contributed by atoms with Crippen molar-refractivity contribution in [3.05, 3.63) is 180 Å². The minimum Gasteiger partial charge on any atom is -0.0888 e. The van der Waals surface area contributed by atoms with Gasteiger partial charge in [0.1, 0.15) is 0 Å². The van der Waals surface area contributed by atoms with E-state index in [1.807, 2.05) is 11.8 Å². The summed E-state index contributed by atoms with van der Waals surface area (Å²) in [6, 6.07) is 59.5. The van der Waals surface area contributed by atoms with Crippen molar-refractivity contribution in [2.45, 2.75) is 15.2 Å². The molecule has 1 aliphatic heterocycles. The average molecular weight is 599 g/mol. The van der Waals surface area contributed by atoms with E-state index < -0.39 is 0 Å². The maximum Gasteiger partial charge on any atom is 0.0725 e. The molecule has 0 saturated heterocycles. The van der Waals surface area contributed by atoms with Crippen LogP contribution in [-0.2, 0) is 5.41 Å².